The number of aromatic hydroxyl groups is 1. The zero-order valence-electron chi connectivity index (χ0n) is 11.4. The summed E-state index contributed by atoms with van der Waals surface area (Å²) in [6.45, 7) is 7.66. The van der Waals surface area contributed by atoms with Gasteiger partial charge in [0.25, 0.3) is 0 Å². The van der Waals surface area contributed by atoms with Gasteiger partial charge in [-0.15, -0.1) is 0 Å². The Bertz CT molecular complexity index is 407. The highest BCUT2D eigenvalue weighted by atomic mass is 16.3. The Kier molecular flexibility index (Phi) is 4.35. The molecular formula is C14H22N2O2. The lowest BCUT2D eigenvalue weighted by Crippen LogP contribution is -2.50. The highest BCUT2D eigenvalue weighted by Crippen LogP contribution is 2.21. The predicted octanol–water partition coefficient (Wildman–Crippen LogP) is 1.74. The average Bonchev–Trinajstić information content (AvgIpc) is 2.26. The molecule has 0 radical (unpaired) electrons. The van der Waals surface area contributed by atoms with Crippen molar-refractivity contribution >= 4 is 5.91 Å². The van der Waals surface area contributed by atoms with E-state index in [4.69, 9.17) is 5.73 Å². The van der Waals surface area contributed by atoms with E-state index in [1.807, 2.05) is 27.7 Å². The first kappa shape index (κ1) is 14.5. The van der Waals surface area contributed by atoms with Crippen molar-refractivity contribution < 1.29 is 9.90 Å². The van der Waals surface area contributed by atoms with Crippen molar-refractivity contribution in [3.8, 4) is 5.75 Å². The number of rotatable bonds is 3. The van der Waals surface area contributed by atoms with Gasteiger partial charge >= 0.3 is 0 Å². The van der Waals surface area contributed by atoms with Crippen molar-refractivity contribution in [2.45, 2.75) is 45.2 Å². The van der Waals surface area contributed by atoms with Crippen molar-refractivity contribution in [3.05, 3.63) is 29.8 Å². The standard InChI is InChI=1S/C14H22N2O2/c1-9(10-5-7-11(17)8-6-10)12(15)13(18)16-14(2,3)4/h5-9,12,17H,15H2,1-4H3,(H,16,18)/t9-,12+/m1/s1. The molecule has 0 spiro atoms. The van der Waals surface area contributed by atoms with E-state index in [1.54, 1.807) is 24.3 Å². The fraction of sp³-hybridized carbons (Fsp3) is 0.500. The zero-order valence-corrected chi connectivity index (χ0v) is 11.4. The highest BCUT2D eigenvalue weighted by molar-refractivity contribution is 5.83. The van der Waals surface area contributed by atoms with E-state index in [-0.39, 0.29) is 23.1 Å². The maximum absolute atomic E-state index is 12.0. The lowest BCUT2D eigenvalue weighted by Gasteiger charge is -2.26. The Balaban J connectivity index is 2.74. The fourth-order valence-electron chi connectivity index (χ4n) is 1.67. The van der Waals surface area contributed by atoms with Crippen LogP contribution in [0, 0.1) is 0 Å². The highest BCUT2D eigenvalue weighted by Gasteiger charge is 2.25. The largest absolute Gasteiger partial charge is 0.508 e. The zero-order chi connectivity index (χ0) is 13.9. The number of hydrogen-bond acceptors (Lipinski definition) is 3. The van der Waals surface area contributed by atoms with E-state index in [0.717, 1.165) is 5.56 Å². The van der Waals surface area contributed by atoms with E-state index in [0.29, 0.717) is 0 Å². The Hall–Kier alpha value is -1.55. The van der Waals surface area contributed by atoms with E-state index in [2.05, 4.69) is 5.32 Å². The number of amides is 1. The summed E-state index contributed by atoms with van der Waals surface area (Å²) in [7, 11) is 0. The van der Waals surface area contributed by atoms with Gasteiger partial charge < -0.3 is 16.2 Å². The maximum atomic E-state index is 12.0. The van der Waals surface area contributed by atoms with Crippen LogP contribution in [-0.2, 0) is 4.79 Å². The van der Waals surface area contributed by atoms with E-state index in [9.17, 15) is 9.90 Å². The van der Waals surface area contributed by atoms with Crippen LogP contribution in [0.1, 0.15) is 39.2 Å². The van der Waals surface area contributed by atoms with Crippen LogP contribution in [0.25, 0.3) is 0 Å². The van der Waals surface area contributed by atoms with Crippen molar-refractivity contribution in [1.29, 1.82) is 0 Å². The van der Waals surface area contributed by atoms with Crippen LogP contribution >= 0.6 is 0 Å². The van der Waals surface area contributed by atoms with Gasteiger partial charge in [0.05, 0.1) is 6.04 Å². The molecule has 4 heteroatoms. The number of phenols is 1. The van der Waals surface area contributed by atoms with Crippen molar-refractivity contribution in [2.24, 2.45) is 5.73 Å². The van der Waals surface area contributed by atoms with Crippen LogP contribution in [0.2, 0.25) is 0 Å². The number of carbonyl (C=O) groups excluding carboxylic acids is 1. The van der Waals surface area contributed by atoms with Gasteiger partial charge in [-0.2, -0.15) is 0 Å². The summed E-state index contributed by atoms with van der Waals surface area (Å²) >= 11 is 0. The number of nitrogens with one attached hydrogen (secondary N) is 1. The van der Waals surface area contributed by atoms with E-state index >= 15 is 0 Å². The molecule has 1 amide bonds. The van der Waals surface area contributed by atoms with Gasteiger partial charge in [-0.3, -0.25) is 4.79 Å². The molecule has 0 aromatic heterocycles. The lowest BCUT2D eigenvalue weighted by atomic mass is 9.92. The molecule has 0 fully saturated rings. The number of nitrogens with two attached hydrogens (primary N) is 1. The molecule has 0 aliphatic carbocycles. The third kappa shape index (κ3) is 4.04. The van der Waals surface area contributed by atoms with Crippen LogP contribution in [-0.4, -0.2) is 22.6 Å². The van der Waals surface area contributed by atoms with Crippen molar-refractivity contribution in [1.82, 2.24) is 5.32 Å². The minimum Gasteiger partial charge on any atom is -0.508 e. The van der Waals surface area contributed by atoms with Crippen molar-refractivity contribution in [2.75, 3.05) is 0 Å². The molecule has 4 nitrogen and oxygen atoms in total. The van der Waals surface area contributed by atoms with Gasteiger partial charge in [0.1, 0.15) is 5.75 Å². The van der Waals surface area contributed by atoms with Gasteiger partial charge in [0.2, 0.25) is 5.91 Å². The van der Waals surface area contributed by atoms with Crippen LogP contribution in [0.5, 0.6) is 5.75 Å². The minimum absolute atomic E-state index is 0.104. The summed E-state index contributed by atoms with van der Waals surface area (Å²) in [6, 6.07) is 6.16. The van der Waals surface area contributed by atoms with Crippen LogP contribution < -0.4 is 11.1 Å². The monoisotopic (exact) mass is 250 g/mol. The average molecular weight is 250 g/mol. The summed E-state index contributed by atoms with van der Waals surface area (Å²) in [5.74, 6) is -0.0605. The molecule has 2 atom stereocenters. The third-order valence-corrected chi connectivity index (χ3v) is 2.76. The lowest BCUT2D eigenvalue weighted by molar-refractivity contribution is -0.124. The SMILES string of the molecule is C[C@H](c1ccc(O)cc1)[C@H](N)C(=O)NC(C)(C)C. The first-order chi connectivity index (χ1) is 8.20. The molecule has 1 aromatic carbocycles. The van der Waals surface area contributed by atoms with Crippen LogP contribution in [0.3, 0.4) is 0 Å². The maximum Gasteiger partial charge on any atom is 0.237 e. The molecule has 0 saturated carbocycles. The van der Waals surface area contributed by atoms with Crippen molar-refractivity contribution in [3.63, 3.8) is 0 Å². The summed E-state index contributed by atoms with van der Waals surface area (Å²) in [5.41, 5.74) is 6.61. The molecule has 1 aromatic rings. The van der Waals surface area contributed by atoms with Gasteiger partial charge in [-0.05, 0) is 38.5 Å². The summed E-state index contributed by atoms with van der Waals surface area (Å²) in [5, 5.41) is 12.1. The molecular weight excluding hydrogens is 228 g/mol. The second-order valence-corrected chi connectivity index (χ2v) is 5.65. The minimum atomic E-state index is -0.603. The molecule has 0 unspecified atom stereocenters. The smallest absolute Gasteiger partial charge is 0.237 e. The first-order valence-electron chi connectivity index (χ1n) is 6.07. The third-order valence-electron chi connectivity index (χ3n) is 2.76. The predicted molar refractivity (Wildman–Crippen MR) is 72.4 cm³/mol. The molecule has 0 bridgehead atoms. The van der Waals surface area contributed by atoms with Gasteiger partial charge in [-0.25, -0.2) is 0 Å². The van der Waals surface area contributed by atoms with Gasteiger partial charge in [0, 0.05) is 11.5 Å². The first-order valence-corrected chi connectivity index (χ1v) is 6.07. The fourth-order valence-corrected chi connectivity index (χ4v) is 1.67. The molecule has 4 N–H and O–H groups in total. The molecule has 18 heavy (non-hydrogen) atoms. The number of carbonyl (C=O) groups is 1. The molecule has 1 rings (SSSR count). The van der Waals surface area contributed by atoms with E-state index in [1.165, 1.54) is 0 Å². The number of phenolic OH excluding ortho intramolecular Hbond substituents is 1. The Morgan fingerprint density at radius 1 is 1.28 bits per heavy atom. The number of benzene rings is 1. The Morgan fingerprint density at radius 3 is 2.22 bits per heavy atom. The van der Waals surface area contributed by atoms with Crippen LogP contribution in [0.15, 0.2) is 24.3 Å². The second kappa shape index (κ2) is 5.40. The van der Waals surface area contributed by atoms with E-state index < -0.39 is 6.04 Å². The summed E-state index contributed by atoms with van der Waals surface area (Å²) in [6.07, 6.45) is 0. The quantitative estimate of drug-likeness (QED) is 0.765. The summed E-state index contributed by atoms with van der Waals surface area (Å²) in [4.78, 5) is 12.0. The normalized spacial score (nSPS) is 14.9. The molecule has 0 saturated heterocycles. The summed E-state index contributed by atoms with van der Waals surface area (Å²) < 4.78 is 0. The van der Waals surface area contributed by atoms with Gasteiger partial charge in [-0.1, -0.05) is 19.1 Å². The molecule has 0 heterocycles. The van der Waals surface area contributed by atoms with Crippen LogP contribution in [0.4, 0.5) is 0 Å². The second-order valence-electron chi connectivity index (χ2n) is 5.65. The molecule has 0 aliphatic heterocycles. The van der Waals surface area contributed by atoms with Gasteiger partial charge in [0.15, 0.2) is 0 Å². The molecule has 100 valence electrons. The Labute approximate surface area is 108 Å². The number of hydrogen-bond donors (Lipinski definition) is 3. The topological polar surface area (TPSA) is 75.3 Å². The Morgan fingerprint density at radius 2 is 1.78 bits per heavy atom. The molecule has 0 aliphatic rings.